The minimum atomic E-state index is -1.81. The third-order valence-electron chi connectivity index (χ3n) is 2.60. The van der Waals surface area contributed by atoms with E-state index in [0.717, 1.165) is 4.57 Å². The number of hydrogen-bond acceptors (Lipinski definition) is 6. The Balaban J connectivity index is 2.32. The number of alkyl halides is 1. The van der Waals surface area contributed by atoms with E-state index >= 15 is 0 Å². The van der Waals surface area contributed by atoms with Crippen molar-refractivity contribution >= 4 is 5.82 Å². The van der Waals surface area contributed by atoms with Crippen molar-refractivity contribution in [3.8, 4) is 0 Å². The first-order chi connectivity index (χ1) is 8.04. The van der Waals surface area contributed by atoms with Gasteiger partial charge in [0.2, 0.25) is 0 Å². The monoisotopic (exact) mass is 245 g/mol. The molecule has 4 N–H and O–H groups in total. The van der Waals surface area contributed by atoms with Crippen LogP contribution in [0.2, 0.25) is 0 Å². The third-order valence-corrected chi connectivity index (χ3v) is 2.60. The Labute approximate surface area is 95.3 Å². The number of nitrogen functional groups attached to an aromatic ring is 1. The van der Waals surface area contributed by atoms with Crippen molar-refractivity contribution in [1.29, 1.82) is 0 Å². The number of aliphatic hydroxyl groups is 2. The van der Waals surface area contributed by atoms with Gasteiger partial charge in [0.15, 0.2) is 12.4 Å². The lowest BCUT2D eigenvalue weighted by atomic mass is 10.1. The van der Waals surface area contributed by atoms with Crippen LogP contribution in [-0.4, -0.2) is 44.8 Å². The van der Waals surface area contributed by atoms with Crippen LogP contribution in [0.1, 0.15) is 6.23 Å². The molecule has 2 rings (SSSR count). The van der Waals surface area contributed by atoms with Gasteiger partial charge in [0.25, 0.3) is 0 Å². The molecule has 17 heavy (non-hydrogen) atoms. The number of hydrogen-bond donors (Lipinski definition) is 3. The van der Waals surface area contributed by atoms with Gasteiger partial charge in [-0.2, -0.15) is 4.98 Å². The maximum absolute atomic E-state index is 13.7. The molecule has 7 nitrogen and oxygen atoms in total. The van der Waals surface area contributed by atoms with E-state index in [-0.39, 0.29) is 5.82 Å². The van der Waals surface area contributed by atoms with E-state index < -0.39 is 36.9 Å². The van der Waals surface area contributed by atoms with E-state index in [1.54, 1.807) is 0 Å². The Kier molecular flexibility index (Phi) is 3.09. The number of ether oxygens (including phenoxy) is 1. The van der Waals surface area contributed by atoms with E-state index in [1.807, 2.05) is 0 Å². The molecule has 1 aliphatic rings. The van der Waals surface area contributed by atoms with E-state index in [4.69, 9.17) is 15.6 Å². The highest BCUT2D eigenvalue weighted by molar-refractivity contribution is 5.23. The molecule has 94 valence electrons. The Bertz CT molecular complexity index is 466. The van der Waals surface area contributed by atoms with E-state index in [9.17, 15) is 14.3 Å². The second-order valence-electron chi connectivity index (χ2n) is 3.72. The van der Waals surface area contributed by atoms with Crippen molar-refractivity contribution < 1.29 is 19.3 Å². The number of nitrogens with zero attached hydrogens (tertiary/aromatic N) is 2. The van der Waals surface area contributed by atoms with Gasteiger partial charge < -0.3 is 20.7 Å². The first kappa shape index (κ1) is 12.0. The fourth-order valence-corrected chi connectivity index (χ4v) is 1.70. The highest BCUT2D eigenvalue weighted by atomic mass is 19.1. The fourth-order valence-electron chi connectivity index (χ4n) is 1.70. The van der Waals surface area contributed by atoms with Crippen LogP contribution in [0.4, 0.5) is 10.2 Å². The van der Waals surface area contributed by atoms with Gasteiger partial charge in [-0.1, -0.05) is 0 Å². The van der Waals surface area contributed by atoms with Crippen LogP contribution >= 0.6 is 0 Å². The minimum Gasteiger partial charge on any atom is -0.394 e. The Morgan fingerprint density at radius 3 is 2.88 bits per heavy atom. The summed E-state index contributed by atoms with van der Waals surface area (Å²) in [5.41, 5.74) is 4.52. The summed E-state index contributed by atoms with van der Waals surface area (Å²) in [5, 5.41) is 18.3. The lowest BCUT2D eigenvalue weighted by Crippen LogP contribution is -2.33. The van der Waals surface area contributed by atoms with Crippen LogP contribution in [0.5, 0.6) is 0 Å². The molecule has 0 radical (unpaired) electrons. The summed E-state index contributed by atoms with van der Waals surface area (Å²) in [4.78, 5) is 14.9. The van der Waals surface area contributed by atoms with Gasteiger partial charge in [-0.15, -0.1) is 0 Å². The average molecular weight is 245 g/mol. The standard InChI is InChI=1S/C9H12FN3O4/c10-6-7(15)4(3-14)17-8(6)13-2-1-5(11)12-9(13)16/h1-2,4,6-8,14-15H,3H2,(H2,11,12,16)/t4?,6-,7-,8-/m1/s1. The number of nitrogens with two attached hydrogens (primary N) is 1. The predicted molar refractivity (Wildman–Crippen MR) is 54.8 cm³/mol. The van der Waals surface area contributed by atoms with Crippen LogP contribution in [0, 0.1) is 0 Å². The second-order valence-corrected chi connectivity index (χ2v) is 3.72. The van der Waals surface area contributed by atoms with Gasteiger partial charge in [-0.25, -0.2) is 9.18 Å². The van der Waals surface area contributed by atoms with Crippen LogP contribution in [0.3, 0.4) is 0 Å². The molecule has 1 aromatic heterocycles. The number of aromatic nitrogens is 2. The van der Waals surface area contributed by atoms with Gasteiger partial charge in [0.05, 0.1) is 6.61 Å². The van der Waals surface area contributed by atoms with Gasteiger partial charge in [-0.05, 0) is 6.07 Å². The maximum atomic E-state index is 13.7. The molecule has 0 saturated carbocycles. The molecule has 8 heteroatoms. The molecule has 0 amide bonds. The molecule has 0 aromatic carbocycles. The van der Waals surface area contributed by atoms with Crippen molar-refractivity contribution in [3.05, 3.63) is 22.7 Å². The third kappa shape index (κ3) is 2.02. The fraction of sp³-hybridized carbons (Fsp3) is 0.556. The van der Waals surface area contributed by atoms with E-state index in [2.05, 4.69) is 4.98 Å². The van der Waals surface area contributed by atoms with Crippen molar-refractivity contribution in [2.75, 3.05) is 12.3 Å². The number of rotatable bonds is 2. The molecule has 0 aliphatic carbocycles. The van der Waals surface area contributed by atoms with Crippen LogP contribution in [0.25, 0.3) is 0 Å². The zero-order valence-electron chi connectivity index (χ0n) is 8.73. The summed E-state index contributed by atoms with van der Waals surface area (Å²) in [6, 6.07) is 1.32. The summed E-state index contributed by atoms with van der Waals surface area (Å²) < 4.78 is 19.6. The Morgan fingerprint density at radius 1 is 1.65 bits per heavy atom. The summed E-state index contributed by atoms with van der Waals surface area (Å²) >= 11 is 0. The molecular weight excluding hydrogens is 233 g/mol. The van der Waals surface area contributed by atoms with E-state index in [1.165, 1.54) is 12.3 Å². The normalized spacial score (nSPS) is 32.9. The molecule has 0 spiro atoms. The Hall–Kier alpha value is -1.51. The van der Waals surface area contributed by atoms with Gasteiger partial charge in [-0.3, -0.25) is 4.57 Å². The maximum Gasteiger partial charge on any atom is 0.351 e. The molecule has 1 fully saturated rings. The van der Waals surface area contributed by atoms with E-state index in [0.29, 0.717) is 0 Å². The zero-order valence-corrected chi connectivity index (χ0v) is 8.73. The quantitative estimate of drug-likeness (QED) is 0.579. The second kappa shape index (κ2) is 4.40. The van der Waals surface area contributed by atoms with Crippen molar-refractivity contribution in [1.82, 2.24) is 9.55 Å². The average Bonchev–Trinajstić information content (AvgIpc) is 2.57. The first-order valence-corrected chi connectivity index (χ1v) is 4.97. The molecule has 1 saturated heterocycles. The van der Waals surface area contributed by atoms with Crippen molar-refractivity contribution in [3.63, 3.8) is 0 Å². The molecule has 1 unspecified atom stereocenters. The first-order valence-electron chi connectivity index (χ1n) is 4.97. The molecular formula is C9H12FN3O4. The molecule has 0 bridgehead atoms. The van der Waals surface area contributed by atoms with Gasteiger partial charge in [0, 0.05) is 6.20 Å². The van der Waals surface area contributed by atoms with Crippen molar-refractivity contribution in [2.45, 2.75) is 24.6 Å². The molecule has 1 aliphatic heterocycles. The lowest BCUT2D eigenvalue weighted by molar-refractivity contribution is -0.0490. The number of aliphatic hydroxyl groups excluding tert-OH is 2. The molecule has 1 aromatic rings. The largest absolute Gasteiger partial charge is 0.394 e. The lowest BCUT2D eigenvalue weighted by Gasteiger charge is -2.15. The summed E-state index contributed by atoms with van der Waals surface area (Å²) in [5.74, 6) is 0.0129. The SMILES string of the molecule is Nc1ccn([C@@H]2OC(CO)[C@@H](O)[C@H]2F)c(=O)n1. The zero-order chi connectivity index (χ0) is 12.6. The summed E-state index contributed by atoms with van der Waals surface area (Å²) in [7, 11) is 0. The van der Waals surface area contributed by atoms with Gasteiger partial charge >= 0.3 is 5.69 Å². The topological polar surface area (TPSA) is 111 Å². The highest BCUT2D eigenvalue weighted by Gasteiger charge is 2.45. The Morgan fingerprint density at radius 2 is 2.35 bits per heavy atom. The van der Waals surface area contributed by atoms with Crippen LogP contribution in [0.15, 0.2) is 17.1 Å². The summed E-state index contributed by atoms with van der Waals surface area (Å²) in [6.07, 6.45) is -4.42. The predicted octanol–water partition coefficient (Wildman–Crippen LogP) is -1.59. The van der Waals surface area contributed by atoms with Crippen LogP contribution in [-0.2, 0) is 4.74 Å². The molecule has 2 heterocycles. The van der Waals surface area contributed by atoms with Crippen molar-refractivity contribution in [2.24, 2.45) is 0 Å². The summed E-state index contributed by atoms with van der Waals surface area (Å²) in [6.45, 7) is -0.533. The van der Waals surface area contributed by atoms with Gasteiger partial charge in [0.1, 0.15) is 18.0 Å². The highest BCUT2D eigenvalue weighted by Crippen LogP contribution is 2.30. The number of halogens is 1. The van der Waals surface area contributed by atoms with Crippen LogP contribution < -0.4 is 11.4 Å². The molecule has 4 atom stereocenters. The smallest absolute Gasteiger partial charge is 0.351 e. The number of anilines is 1. The minimum absolute atomic E-state index is 0.0129.